The van der Waals surface area contributed by atoms with Crippen LogP contribution < -0.4 is 0 Å². The number of amides is 1. The normalized spacial score (nSPS) is 10.6. The lowest BCUT2D eigenvalue weighted by molar-refractivity contribution is -0.129. The van der Waals surface area contributed by atoms with Crippen molar-refractivity contribution in [3.05, 3.63) is 35.4 Å². The lowest BCUT2D eigenvalue weighted by Gasteiger charge is -2.30. The minimum absolute atomic E-state index is 0.0700. The highest BCUT2D eigenvalue weighted by Gasteiger charge is 2.29. The molecule has 1 aromatic carbocycles. The first-order chi connectivity index (χ1) is 9.81. The van der Waals surface area contributed by atoms with Crippen molar-refractivity contribution < 1.29 is 19.1 Å². The van der Waals surface area contributed by atoms with Crippen molar-refractivity contribution in [1.29, 1.82) is 0 Å². The predicted octanol–water partition coefficient (Wildman–Crippen LogP) is 2.30. The van der Waals surface area contributed by atoms with Crippen molar-refractivity contribution >= 4 is 17.7 Å². The van der Waals surface area contributed by atoms with Crippen LogP contribution in [-0.4, -0.2) is 41.8 Å². The van der Waals surface area contributed by atoms with E-state index in [1.165, 1.54) is 24.1 Å². The molecule has 0 aliphatic carbocycles. The van der Waals surface area contributed by atoms with Gasteiger partial charge in [0.1, 0.15) is 0 Å². The maximum atomic E-state index is 12.4. The van der Waals surface area contributed by atoms with Crippen molar-refractivity contribution in [2.24, 2.45) is 0 Å². The standard InChI is InChI=1S/C16H21NO4/c1-10(2)17(11(3)4)15(19)14(18)12-8-6-7-9-13(12)16(20)21-5/h6-11H,1-5H3. The van der Waals surface area contributed by atoms with Crippen molar-refractivity contribution in [3.63, 3.8) is 0 Å². The topological polar surface area (TPSA) is 63.7 Å². The first-order valence-corrected chi connectivity index (χ1v) is 6.85. The van der Waals surface area contributed by atoms with Crippen molar-refractivity contribution in [1.82, 2.24) is 4.90 Å². The number of ether oxygens (including phenoxy) is 1. The summed E-state index contributed by atoms with van der Waals surface area (Å²) in [6.45, 7) is 7.38. The Balaban J connectivity index is 3.20. The monoisotopic (exact) mass is 291 g/mol. The van der Waals surface area contributed by atoms with E-state index in [0.29, 0.717) is 0 Å². The maximum Gasteiger partial charge on any atom is 0.338 e. The van der Waals surface area contributed by atoms with Gasteiger partial charge in [0.05, 0.1) is 12.7 Å². The van der Waals surface area contributed by atoms with Gasteiger partial charge in [-0.05, 0) is 39.8 Å². The molecule has 0 aromatic heterocycles. The number of rotatable bonds is 5. The predicted molar refractivity (Wildman–Crippen MR) is 79.2 cm³/mol. The molecule has 0 bridgehead atoms. The number of carbonyl (C=O) groups excluding carboxylic acids is 3. The zero-order chi connectivity index (χ0) is 16.2. The van der Waals surface area contributed by atoms with Gasteiger partial charge in [0.15, 0.2) is 0 Å². The third-order valence-corrected chi connectivity index (χ3v) is 3.12. The van der Waals surface area contributed by atoms with Crippen LogP contribution in [0.2, 0.25) is 0 Å². The Kier molecular flexibility index (Phi) is 5.64. The van der Waals surface area contributed by atoms with Gasteiger partial charge in [0.25, 0.3) is 11.7 Å². The summed E-state index contributed by atoms with van der Waals surface area (Å²) < 4.78 is 4.65. The molecule has 114 valence electrons. The molecule has 1 aromatic rings. The number of benzene rings is 1. The minimum Gasteiger partial charge on any atom is -0.465 e. The second-order valence-corrected chi connectivity index (χ2v) is 5.27. The van der Waals surface area contributed by atoms with Crippen LogP contribution in [0.25, 0.3) is 0 Å². The van der Waals surface area contributed by atoms with Crippen LogP contribution in [-0.2, 0) is 9.53 Å². The average molecular weight is 291 g/mol. The van der Waals surface area contributed by atoms with Crippen molar-refractivity contribution in [2.45, 2.75) is 39.8 Å². The maximum absolute atomic E-state index is 12.4. The third-order valence-electron chi connectivity index (χ3n) is 3.12. The van der Waals surface area contributed by atoms with E-state index in [9.17, 15) is 14.4 Å². The Morgan fingerprint density at radius 2 is 1.43 bits per heavy atom. The van der Waals surface area contributed by atoms with E-state index in [4.69, 9.17) is 0 Å². The highest BCUT2D eigenvalue weighted by atomic mass is 16.5. The van der Waals surface area contributed by atoms with E-state index >= 15 is 0 Å². The summed E-state index contributed by atoms with van der Waals surface area (Å²) in [4.78, 5) is 38.0. The second-order valence-electron chi connectivity index (χ2n) is 5.27. The lowest BCUT2D eigenvalue weighted by atomic mass is 10.0. The minimum atomic E-state index is -0.696. The molecule has 0 N–H and O–H groups in total. The van der Waals surface area contributed by atoms with E-state index in [1.807, 2.05) is 27.7 Å². The lowest BCUT2D eigenvalue weighted by Crippen LogP contribution is -2.45. The van der Waals surface area contributed by atoms with Gasteiger partial charge in [-0.2, -0.15) is 0 Å². The van der Waals surface area contributed by atoms with Crippen LogP contribution in [0.5, 0.6) is 0 Å². The van der Waals surface area contributed by atoms with E-state index in [1.54, 1.807) is 12.1 Å². The average Bonchev–Trinajstić information content (AvgIpc) is 2.44. The molecule has 1 amide bonds. The van der Waals surface area contributed by atoms with Crippen molar-refractivity contribution in [2.75, 3.05) is 7.11 Å². The molecule has 0 heterocycles. The molecule has 0 spiro atoms. The Morgan fingerprint density at radius 1 is 0.952 bits per heavy atom. The highest BCUT2D eigenvalue weighted by Crippen LogP contribution is 2.15. The van der Waals surface area contributed by atoms with Gasteiger partial charge < -0.3 is 9.64 Å². The third kappa shape index (κ3) is 3.68. The summed E-state index contributed by atoms with van der Waals surface area (Å²) in [5.74, 6) is -1.94. The number of ketones is 1. The molecule has 0 saturated heterocycles. The number of hydrogen-bond acceptors (Lipinski definition) is 4. The van der Waals surface area contributed by atoms with Gasteiger partial charge in [-0.3, -0.25) is 9.59 Å². The quantitative estimate of drug-likeness (QED) is 0.474. The molecule has 5 heteroatoms. The molecule has 0 saturated carbocycles. The number of methoxy groups -OCH3 is 1. The Bertz CT molecular complexity index is 541. The fourth-order valence-corrected chi connectivity index (χ4v) is 2.27. The largest absolute Gasteiger partial charge is 0.465 e. The van der Waals surface area contributed by atoms with E-state index < -0.39 is 17.7 Å². The van der Waals surface area contributed by atoms with Crippen LogP contribution >= 0.6 is 0 Å². The first kappa shape index (κ1) is 16.9. The molecule has 5 nitrogen and oxygen atoms in total. The fourth-order valence-electron chi connectivity index (χ4n) is 2.27. The summed E-state index contributed by atoms with van der Waals surface area (Å²) in [5.41, 5.74) is 0.173. The molecule has 0 unspecified atom stereocenters. The van der Waals surface area contributed by atoms with E-state index in [2.05, 4.69) is 4.74 Å². The molecule has 1 rings (SSSR count). The van der Waals surface area contributed by atoms with Crippen LogP contribution in [0.3, 0.4) is 0 Å². The fraction of sp³-hybridized carbons (Fsp3) is 0.438. The number of esters is 1. The number of Topliss-reactive ketones (excluding diaryl/α,β-unsaturated/α-hetero) is 1. The number of hydrogen-bond donors (Lipinski definition) is 0. The number of carbonyl (C=O) groups is 3. The summed E-state index contributed by atoms with van der Waals surface area (Å²) in [6.07, 6.45) is 0. The van der Waals surface area contributed by atoms with Gasteiger partial charge >= 0.3 is 5.97 Å². The Hall–Kier alpha value is -2.17. The molecular weight excluding hydrogens is 270 g/mol. The summed E-state index contributed by atoms with van der Waals surface area (Å²) in [5, 5.41) is 0. The van der Waals surface area contributed by atoms with Gasteiger partial charge in [-0.25, -0.2) is 4.79 Å². The smallest absolute Gasteiger partial charge is 0.338 e. The summed E-state index contributed by atoms with van der Waals surface area (Å²) in [7, 11) is 1.24. The molecular formula is C16H21NO4. The Morgan fingerprint density at radius 3 is 1.86 bits per heavy atom. The van der Waals surface area contributed by atoms with Crippen molar-refractivity contribution in [3.8, 4) is 0 Å². The van der Waals surface area contributed by atoms with Crippen LogP contribution in [0.1, 0.15) is 48.4 Å². The molecule has 0 atom stereocenters. The highest BCUT2D eigenvalue weighted by molar-refractivity contribution is 6.44. The summed E-state index contributed by atoms with van der Waals surface area (Å²) in [6, 6.07) is 5.96. The molecule has 0 aliphatic heterocycles. The molecule has 21 heavy (non-hydrogen) atoms. The van der Waals surface area contributed by atoms with Gasteiger partial charge in [-0.15, -0.1) is 0 Å². The van der Waals surface area contributed by atoms with E-state index in [0.717, 1.165) is 0 Å². The SMILES string of the molecule is COC(=O)c1ccccc1C(=O)C(=O)N(C(C)C)C(C)C. The van der Waals surface area contributed by atoms with Crippen LogP contribution in [0, 0.1) is 0 Å². The first-order valence-electron chi connectivity index (χ1n) is 6.85. The van der Waals surface area contributed by atoms with Crippen LogP contribution in [0.4, 0.5) is 0 Å². The molecule has 0 radical (unpaired) electrons. The van der Waals surface area contributed by atoms with Crippen LogP contribution in [0.15, 0.2) is 24.3 Å². The Labute approximate surface area is 124 Å². The zero-order valence-electron chi connectivity index (χ0n) is 13.0. The van der Waals surface area contributed by atoms with Gasteiger partial charge in [0, 0.05) is 17.6 Å². The van der Waals surface area contributed by atoms with Gasteiger partial charge in [-0.1, -0.05) is 12.1 Å². The zero-order valence-corrected chi connectivity index (χ0v) is 13.0. The summed E-state index contributed by atoms with van der Waals surface area (Å²) >= 11 is 0. The number of nitrogens with zero attached hydrogens (tertiary/aromatic N) is 1. The second kappa shape index (κ2) is 7.02. The van der Waals surface area contributed by atoms with E-state index in [-0.39, 0.29) is 23.2 Å². The molecule has 0 fully saturated rings. The molecule has 0 aliphatic rings. The van der Waals surface area contributed by atoms with Gasteiger partial charge in [0.2, 0.25) is 0 Å².